The van der Waals surface area contributed by atoms with Crippen molar-refractivity contribution in [3.05, 3.63) is 56.9 Å². The second-order valence-corrected chi connectivity index (χ2v) is 7.07. The smallest absolute Gasteiger partial charge is 0.435 e. The monoisotopic (exact) mass is 423 g/mol. The van der Waals surface area contributed by atoms with Crippen LogP contribution in [0.3, 0.4) is 0 Å². The van der Waals surface area contributed by atoms with Crippen LogP contribution in [0, 0.1) is 17.2 Å². The number of hydrogen-bond donors (Lipinski definition) is 0. The summed E-state index contributed by atoms with van der Waals surface area (Å²) in [6.07, 6.45) is -3.99. The first-order chi connectivity index (χ1) is 13.7. The average Bonchev–Trinajstić information content (AvgIpc) is 3.36. The Labute approximate surface area is 166 Å². The number of nitriles is 1. The lowest BCUT2D eigenvalue weighted by Crippen LogP contribution is -2.20. The molecule has 0 radical (unpaired) electrons. The Morgan fingerprint density at radius 1 is 1.34 bits per heavy atom. The SMILES string of the molecule is COc1cc([C@@H]2C[C@H]2C#N)n2c(=O)cc(Cn3nc(C(F)(F)F)cc3Cl)nc2c1. The van der Waals surface area contributed by atoms with E-state index in [9.17, 15) is 18.0 Å². The molecular weight excluding hydrogens is 411 g/mol. The summed E-state index contributed by atoms with van der Waals surface area (Å²) in [5.41, 5.74) is -0.456. The first-order valence-electron chi connectivity index (χ1n) is 8.52. The molecular formula is C18H13ClF3N5O2. The summed E-state index contributed by atoms with van der Waals surface area (Å²) in [6, 6.07) is 7.35. The van der Waals surface area contributed by atoms with Gasteiger partial charge in [0, 0.05) is 35.9 Å². The van der Waals surface area contributed by atoms with Gasteiger partial charge in [-0.3, -0.25) is 9.20 Å². The van der Waals surface area contributed by atoms with Crippen molar-refractivity contribution in [1.82, 2.24) is 19.2 Å². The Balaban J connectivity index is 1.78. The van der Waals surface area contributed by atoms with Crippen LogP contribution in [0.2, 0.25) is 5.15 Å². The van der Waals surface area contributed by atoms with Crippen molar-refractivity contribution in [2.24, 2.45) is 5.92 Å². The highest BCUT2D eigenvalue weighted by atomic mass is 35.5. The number of pyridine rings is 1. The van der Waals surface area contributed by atoms with Gasteiger partial charge in [-0.05, 0) is 6.42 Å². The molecule has 1 fully saturated rings. The molecule has 2 atom stereocenters. The molecule has 3 aromatic rings. The van der Waals surface area contributed by atoms with E-state index in [4.69, 9.17) is 21.6 Å². The Morgan fingerprint density at radius 3 is 2.69 bits per heavy atom. The van der Waals surface area contributed by atoms with E-state index < -0.39 is 17.4 Å². The molecule has 0 unspecified atom stereocenters. The van der Waals surface area contributed by atoms with Crippen molar-refractivity contribution in [2.45, 2.75) is 25.1 Å². The first-order valence-corrected chi connectivity index (χ1v) is 8.90. The Hall–Kier alpha value is -3.06. The number of alkyl halides is 3. The summed E-state index contributed by atoms with van der Waals surface area (Å²) >= 11 is 5.85. The van der Waals surface area contributed by atoms with Crippen LogP contribution in [-0.4, -0.2) is 26.3 Å². The second kappa shape index (κ2) is 6.77. The number of hydrogen-bond acceptors (Lipinski definition) is 5. The van der Waals surface area contributed by atoms with Crippen LogP contribution in [0.25, 0.3) is 5.65 Å². The zero-order chi connectivity index (χ0) is 20.9. The molecule has 0 amide bonds. The second-order valence-electron chi connectivity index (χ2n) is 6.68. The molecule has 1 saturated carbocycles. The Kier molecular flexibility index (Phi) is 4.50. The van der Waals surface area contributed by atoms with Gasteiger partial charge in [0.2, 0.25) is 0 Å². The average molecular weight is 424 g/mol. The lowest BCUT2D eigenvalue weighted by atomic mass is 10.2. The fraction of sp³-hybridized carbons (Fsp3) is 0.333. The highest BCUT2D eigenvalue weighted by Crippen LogP contribution is 2.47. The molecule has 1 aliphatic carbocycles. The molecule has 29 heavy (non-hydrogen) atoms. The molecule has 1 aliphatic rings. The number of nitrogens with zero attached hydrogens (tertiary/aromatic N) is 5. The zero-order valence-corrected chi connectivity index (χ0v) is 15.7. The third kappa shape index (κ3) is 3.53. The van der Waals surface area contributed by atoms with Crippen molar-refractivity contribution >= 4 is 17.2 Å². The van der Waals surface area contributed by atoms with Crippen LogP contribution in [0.15, 0.2) is 29.1 Å². The van der Waals surface area contributed by atoms with Gasteiger partial charge in [-0.15, -0.1) is 0 Å². The van der Waals surface area contributed by atoms with Crippen molar-refractivity contribution in [3.63, 3.8) is 0 Å². The molecule has 7 nitrogen and oxygen atoms in total. The lowest BCUT2D eigenvalue weighted by Gasteiger charge is -2.12. The highest BCUT2D eigenvalue weighted by molar-refractivity contribution is 6.29. The molecule has 0 aliphatic heterocycles. The Bertz CT molecular complexity index is 1210. The number of fused-ring (bicyclic) bond motifs is 1. The fourth-order valence-electron chi connectivity index (χ4n) is 3.22. The molecule has 3 heterocycles. The number of aromatic nitrogens is 4. The van der Waals surface area contributed by atoms with Crippen LogP contribution in [0.1, 0.15) is 29.4 Å². The minimum absolute atomic E-state index is 0.0992. The highest BCUT2D eigenvalue weighted by Gasteiger charge is 2.41. The first kappa shape index (κ1) is 19.3. The third-order valence-electron chi connectivity index (χ3n) is 4.72. The van der Waals surface area contributed by atoms with E-state index in [2.05, 4.69) is 16.2 Å². The van der Waals surface area contributed by atoms with E-state index in [1.807, 2.05) is 0 Å². The zero-order valence-electron chi connectivity index (χ0n) is 14.9. The van der Waals surface area contributed by atoms with Gasteiger partial charge in [-0.2, -0.15) is 23.5 Å². The minimum atomic E-state index is -4.63. The summed E-state index contributed by atoms with van der Waals surface area (Å²) in [4.78, 5) is 17.1. The van der Waals surface area contributed by atoms with Gasteiger partial charge in [0.25, 0.3) is 5.56 Å². The van der Waals surface area contributed by atoms with E-state index in [0.717, 1.165) is 4.68 Å². The molecule has 0 bridgehead atoms. The molecule has 150 valence electrons. The largest absolute Gasteiger partial charge is 0.497 e. The molecule has 0 saturated heterocycles. The van der Waals surface area contributed by atoms with Gasteiger partial charge >= 0.3 is 6.18 Å². The maximum atomic E-state index is 12.8. The van der Waals surface area contributed by atoms with Crippen LogP contribution in [-0.2, 0) is 12.7 Å². The molecule has 0 N–H and O–H groups in total. The number of rotatable bonds is 4. The predicted octanol–water partition coefficient (Wildman–Crippen LogP) is 3.25. The van der Waals surface area contributed by atoms with E-state index in [1.54, 1.807) is 12.1 Å². The minimum Gasteiger partial charge on any atom is -0.497 e. The van der Waals surface area contributed by atoms with Crippen molar-refractivity contribution in [3.8, 4) is 11.8 Å². The van der Waals surface area contributed by atoms with Gasteiger partial charge < -0.3 is 4.74 Å². The summed E-state index contributed by atoms with van der Waals surface area (Å²) in [5, 5.41) is 12.3. The summed E-state index contributed by atoms with van der Waals surface area (Å²) in [6.45, 7) is -0.211. The van der Waals surface area contributed by atoms with E-state index in [-0.39, 0.29) is 34.9 Å². The predicted molar refractivity (Wildman–Crippen MR) is 95.8 cm³/mol. The van der Waals surface area contributed by atoms with Crippen LogP contribution in [0.4, 0.5) is 13.2 Å². The van der Waals surface area contributed by atoms with Gasteiger partial charge in [-0.1, -0.05) is 11.6 Å². The number of halogens is 4. The Morgan fingerprint density at radius 2 is 2.10 bits per heavy atom. The molecule has 0 spiro atoms. The maximum Gasteiger partial charge on any atom is 0.435 e. The topological polar surface area (TPSA) is 85.2 Å². The van der Waals surface area contributed by atoms with Gasteiger partial charge in [0.15, 0.2) is 5.69 Å². The third-order valence-corrected chi connectivity index (χ3v) is 5.03. The van der Waals surface area contributed by atoms with E-state index >= 15 is 0 Å². The standard InChI is InChI=1S/C18H13ClF3N5O2/c1-29-11-4-13(12-2-9(12)7-23)27-16(5-11)24-10(3-17(27)28)8-26-15(19)6-14(25-26)18(20,21)22/h3-6,9,12H,2,8H2,1H3/t9-,12+/m0/s1. The van der Waals surface area contributed by atoms with Crippen molar-refractivity contribution in [2.75, 3.05) is 7.11 Å². The normalized spacial score (nSPS) is 18.6. The summed E-state index contributed by atoms with van der Waals surface area (Å²) in [5.74, 6) is 0.183. The number of methoxy groups -OCH3 is 1. The maximum absolute atomic E-state index is 12.8. The van der Waals surface area contributed by atoms with Crippen LogP contribution < -0.4 is 10.3 Å². The van der Waals surface area contributed by atoms with Crippen molar-refractivity contribution < 1.29 is 17.9 Å². The fourth-order valence-corrected chi connectivity index (χ4v) is 3.42. The molecule has 0 aromatic carbocycles. The van der Waals surface area contributed by atoms with Crippen LogP contribution >= 0.6 is 11.6 Å². The molecule has 3 aromatic heterocycles. The number of ether oxygens (including phenoxy) is 1. The lowest BCUT2D eigenvalue weighted by molar-refractivity contribution is -0.141. The molecule has 11 heteroatoms. The van der Waals surface area contributed by atoms with Crippen LogP contribution in [0.5, 0.6) is 5.75 Å². The summed E-state index contributed by atoms with van der Waals surface area (Å²) < 4.78 is 46.0. The van der Waals surface area contributed by atoms with Gasteiger partial charge in [0.05, 0.1) is 31.3 Å². The quantitative estimate of drug-likeness (QED) is 0.643. The van der Waals surface area contributed by atoms with Gasteiger partial charge in [0.1, 0.15) is 16.5 Å². The molecule has 4 rings (SSSR count). The van der Waals surface area contributed by atoms with E-state index in [0.29, 0.717) is 23.9 Å². The van der Waals surface area contributed by atoms with E-state index in [1.165, 1.54) is 17.6 Å². The van der Waals surface area contributed by atoms with Gasteiger partial charge in [-0.25, -0.2) is 9.67 Å². The summed E-state index contributed by atoms with van der Waals surface area (Å²) in [7, 11) is 1.47. The van der Waals surface area contributed by atoms with Crippen molar-refractivity contribution in [1.29, 1.82) is 5.26 Å².